The zero-order valence-electron chi connectivity index (χ0n) is 18.4. The number of carboxylic acid groups (broad SMARTS) is 1. The van der Waals surface area contributed by atoms with E-state index in [1.165, 1.54) is 11.3 Å². The third kappa shape index (κ3) is 3.80. The minimum atomic E-state index is -0.899. The number of hydrogen-bond donors (Lipinski definition) is 2. The Bertz CT molecular complexity index is 968. The number of anilines is 1. The fourth-order valence-electron chi connectivity index (χ4n) is 5.14. The fourth-order valence-corrected chi connectivity index (χ4v) is 5.14. The Morgan fingerprint density at radius 2 is 2.06 bits per heavy atom. The molecule has 31 heavy (non-hydrogen) atoms. The molecule has 1 saturated heterocycles. The minimum Gasteiger partial charge on any atom is -0.489 e. The van der Waals surface area contributed by atoms with E-state index in [4.69, 9.17) is 9.84 Å². The maximum Gasteiger partial charge on any atom is 0.412 e. The van der Waals surface area contributed by atoms with Crippen molar-refractivity contribution in [2.45, 2.75) is 83.0 Å². The average molecular weight is 425 g/mol. The maximum atomic E-state index is 12.0. The molecular weight excluding hydrogens is 392 g/mol. The van der Waals surface area contributed by atoms with Crippen molar-refractivity contribution in [3.63, 3.8) is 0 Å². The van der Waals surface area contributed by atoms with Crippen LogP contribution >= 0.6 is 0 Å². The summed E-state index contributed by atoms with van der Waals surface area (Å²) in [6.45, 7) is 5.21. The molecule has 1 aromatic carbocycles. The van der Waals surface area contributed by atoms with Crippen LogP contribution in [0, 0.1) is 0 Å². The van der Waals surface area contributed by atoms with E-state index in [0.717, 1.165) is 73.2 Å². The Morgan fingerprint density at radius 1 is 1.23 bits per heavy atom. The SMILES string of the molecule is C[C@H]1C[C@H](n2cc(-c3ccc4c(c3OC3CCC3)CC[C@H](C)N4C(=O)O)cn2)CCN1. The van der Waals surface area contributed by atoms with E-state index in [2.05, 4.69) is 23.1 Å². The molecule has 3 aliphatic rings. The first-order valence-electron chi connectivity index (χ1n) is 11.6. The highest BCUT2D eigenvalue weighted by molar-refractivity contribution is 5.91. The van der Waals surface area contributed by atoms with Crippen LogP contribution in [0.5, 0.6) is 5.75 Å². The van der Waals surface area contributed by atoms with Crippen LogP contribution < -0.4 is 15.0 Å². The Labute approximate surface area is 183 Å². The second kappa shape index (κ2) is 8.19. The van der Waals surface area contributed by atoms with Gasteiger partial charge in [0.2, 0.25) is 0 Å². The Balaban J connectivity index is 1.53. The molecule has 166 valence electrons. The lowest BCUT2D eigenvalue weighted by Gasteiger charge is -2.36. The Hall–Kier alpha value is -2.54. The van der Waals surface area contributed by atoms with Gasteiger partial charge in [-0.2, -0.15) is 5.10 Å². The second-order valence-electron chi connectivity index (χ2n) is 9.39. The molecule has 1 saturated carbocycles. The van der Waals surface area contributed by atoms with Gasteiger partial charge in [-0.3, -0.25) is 9.58 Å². The topological polar surface area (TPSA) is 79.6 Å². The van der Waals surface area contributed by atoms with Crippen molar-refractivity contribution < 1.29 is 14.6 Å². The van der Waals surface area contributed by atoms with E-state index in [9.17, 15) is 9.90 Å². The number of rotatable bonds is 4. The molecule has 2 N–H and O–H groups in total. The number of ether oxygens (including phenoxy) is 1. The molecule has 1 aliphatic carbocycles. The summed E-state index contributed by atoms with van der Waals surface area (Å²) in [6, 6.07) is 4.84. The van der Waals surface area contributed by atoms with Gasteiger partial charge in [0, 0.05) is 35.0 Å². The molecule has 7 nitrogen and oxygen atoms in total. The number of benzene rings is 1. The zero-order chi connectivity index (χ0) is 21.5. The highest BCUT2D eigenvalue weighted by Gasteiger charge is 2.33. The van der Waals surface area contributed by atoms with Crippen LogP contribution in [0.1, 0.15) is 64.0 Å². The monoisotopic (exact) mass is 424 g/mol. The molecule has 2 aromatic rings. The lowest BCUT2D eigenvalue weighted by Crippen LogP contribution is -2.41. The third-order valence-corrected chi connectivity index (χ3v) is 7.17. The lowest BCUT2D eigenvalue weighted by molar-refractivity contribution is 0.119. The highest BCUT2D eigenvalue weighted by Crippen LogP contribution is 2.44. The van der Waals surface area contributed by atoms with Crippen molar-refractivity contribution in [3.05, 3.63) is 30.1 Å². The molecule has 3 atom stereocenters. The van der Waals surface area contributed by atoms with Crippen molar-refractivity contribution >= 4 is 11.8 Å². The van der Waals surface area contributed by atoms with Gasteiger partial charge in [0.15, 0.2) is 0 Å². The Kier molecular flexibility index (Phi) is 5.38. The molecule has 0 bridgehead atoms. The number of carbonyl (C=O) groups is 1. The van der Waals surface area contributed by atoms with Gasteiger partial charge < -0.3 is 15.2 Å². The van der Waals surface area contributed by atoms with Gasteiger partial charge >= 0.3 is 6.09 Å². The molecule has 0 spiro atoms. The predicted molar refractivity (Wildman–Crippen MR) is 120 cm³/mol. The standard InChI is InChI=1S/C24H32N4O3/c1-15-12-18(10-11-25-15)27-14-17(13-26-27)20-8-9-22-21(23(20)31-19-4-3-5-19)7-6-16(2)28(22)24(29)30/h8-9,13-16,18-19,25H,3-7,10-12H2,1-2H3,(H,29,30)/t15-,16-,18+/m0/s1. The molecule has 2 aliphatic heterocycles. The zero-order valence-corrected chi connectivity index (χ0v) is 18.4. The van der Waals surface area contributed by atoms with Crippen LogP contribution in [0.2, 0.25) is 0 Å². The number of nitrogens with one attached hydrogen (secondary N) is 1. The normalized spacial score (nSPS) is 26.3. The van der Waals surface area contributed by atoms with Crippen LogP contribution in [0.4, 0.5) is 10.5 Å². The summed E-state index contributed by atoms with van der Waals surface area (Å²) in [6.07, 6.45) is 10.5. The van der Waals surface area contributed by atoms with E-state index in [1.807, 2.05) is 25.3 Å². The van der Waals surface area contributed by atoms with E-state index in [-0.39, 0.29) is 12.1 Å². The van der Waals surface area contributed by atoms with Crippen molar-refractivity contribution in [1.82, 2.24) is 15.1 Å². The van der Waals surface area contributed by atoms with Gasteiger partial charge in [-0.05, 0) is 77.5 Å². The third-order valence-electron chi connectivity index (χ3n) is 7.17. The van der Waals surface area contributed by atoms with Gasteiger partial charge in [0.25, 0.3) is 0 Å². The fraction of sp³-hybridized carbons (Fsp3) is 0.583. The molecule has 0 unspecified atom stereocenters. The van der Waals surface area contributed by atoms with Crippen LogP contribution in [0.25, 0.3) is 11.1 Å². The summed E-state index contributed by atoms with van der Waals surface area (Å²) >= 11 is 0. The van der Waals surface area contributed by atoms with Crippen molar-refractivity contribution in [2.24, 2.45) is 0 Å². The first-order valence-corrected chi connectivity index (χ1v) is 11.6. The summed E-state index contributed by atoms with van der Waals surface area (Å²) in [7, 11) is 0. The smallest absolute Gasteiger partial charge is 0.412 e. The van der Waals surface area contributed by atoms with Crippen molar-refractivity contribution in [3.8, 4) is 16.9 Å². The number of aromatic nitrogens is 2. The summed E-state index contributed by atoms with van der Waals surface area (Å²) in [4.78, 5) is 13.5. The van der Waals surface area contributed by atoms with E-state index in [0.29, 0.717) is 12.1 Å². The van der Waals surface area contributed by atoms with Crippen molar-refractivity contribution in [2.75, 3.05) is 11.4 Å². The molecule has 3 heterocycles. The van der Waals surface area contributed by atoms with Crippen LogP contribution in [0.15, 0.2) is 24.5 Å². The quantitative estimate of drug-likeness (QED) is 0.749. The number of fused-ring (bicyclic) bond motifs is 1. The molecule has 5 rings (SSSR count). The summed E-state index contributed by atoms with van der Waals surface area (Å²) in [5.41, 5.74) is 3.86. The first-order chi connectivity index (χ1) is 15.0. The second-order valence-corrected chi connectivity index (χ2v) is 9.39. The minimum absolute atomic E-state index is 0.0305. The van der Waals surface area contributed by atoms with Crippen molar-refractivity contribution in [1.29, 1.82) is 0 Å². The van der Waals surface area contributed by atoms with Gasteiger partial charge in [0.1, 0.15) is 5.75 Å². The van der Waals surface area contributed by atoms with Crippen LogP contribution in [-0.4, -0.2) is 45.7 Å². The summed E-state index contributed by atoms with van der Waals surface area (Å²) < 4.78 is 8.60. The van der Waals surface area contributed by atoms with E-state index < -0.39 is 6.09 Å². The van der Waals surface area contributed by atoms with Crippen LogP contribution in [0.3, 0.4) is 0 Å². The van der Waals surface area contributed by atoms with E-state index in [1.54, 1.807) is 0 Å². The number of piperidine rings is 1. The molecule has 0 radical (unpaired) electrons. The highest BCUT2D eigenvalue weighted by atomic mass is 16.5. The predicted octanol–water partition coefficient (Wildman–Crippen LogP) is 4.61. The lowest BCUT2D eigenvalue weighted by atomic mass is 9.91. The van der Waals surface area contributed by atoms with Gasteiger partial charge in [-0.1, -0.05) is 0 Å². The molecule has 1 amide bonds. The maximum absolute atomic E-state index is 12.0. The van der Waals surface area contributed by atoms with Crippen LogP contribution in [-0.2, 0) is 6.42 Å². The largest absolute Gasteiger partial charge is 0.489 e. The van der Waals surface area contributed by atoms with Gasteiger partial charge in [-0.15, -0.1) is 0 Å². The van der Waals surface area contributed by atoms with Gasteiger partial charge in [0.05, 0.1) is 24.0 Å². The van der Waals surface area contributed by atoms with E-state index >= 15 is 0 Å². The number of hydrogen-bond acceptors (Lipinski definition) is 4. The van der Waals surface area contributed by atoms with Gasteiger partial charge in [-0.25, -0.2) is 4.79 Å². The summed E-state index contributed by atoms with van der Waals surface area (Å²) in [5.74, 6) is 0.860. The number of amides is 1. The summed E-state index contributed by atoms with van der Waals surface area (Å²) in [5, 5.41) is 18.0. The molecule has 7 heteroatoms. The average Bonchev–Trinajstić information content (AvgIpc) is 3.20. The first kappa shape index (κ1) is 20.4. The molecule has 1 aromatic heterocycles. The molecular formula is C24H32N4O3. The Morgan fingerprint density at radius 3 is 2.77 bits per heavy atom. The number of nitrogens with zero attached hydrogens (tertiary/aromatic N) is 3. The molecule has 2 fully saturated rings.